The van der Waals surface area contributed by atoms with Crippen LogP contribution in [0.25, 0.3) is 10.9 Å². The Labute approximate surface area is 594 Å². The number of nitrogens with two attached hydrogens (primary N) is 3. The number of aromatic nitrogens is 1. The van der Waals surface area contributed by atoms with Gasteiger partial charge in [0, 0.05) is 43.4 Å². The molecule has 0 aliphatic carbocycles. The molecule has 42 heteroatoms. The van der Waals surface area contributed by atoms with Crippen molar-refractivity contribution in [1.82, 2.24) is 79.0 Å². The number of carboxylic acids is 1. The maximum atomic E-state index is 14.4. The normalized spacial score (nSPS) is 16.0. The number of aliphatic hydroxyl groups excluding tert-OH is 6. The van der Waals surface area contributed by atoms with Gasteiger partial charge in [-0.15, -0.1) is 0 Å². The van der Waals surface area contributed by atoms with Gasteiger partial charge in [-0.3, -0.25) is 81.5 Å². The smallest absolute Gasteiger partial charge is 0.303 e. The molecule has 3 rings (SSSR count). The summed E-state index contributed by atoms with van der Waals surface area (Å²) < 4.78 is 0. The van der Waals surface area contributed by atoms with Gasteiger partial charge in [0.2, 0.25) is 94.5 Å². The van der Waals surface area contributed by atoms with Crippen LogP contribution in [0.15, 0.2) is 30.5 Å². The Hall–Kier alpha value is -10.5. The highest BCUT2D eigenvalue weighted by molar-refractivity contribution is 6.01. The van der Waals surface area contributed by atoms with Gasteiger partial charge in [-0.25, -0.2) is 0 Å². The number of aliphatic carboxylic acids is 1. The lowest BCUT2D eigenvalue weighted by molar-refractivity contribution is -0.140. The van der Waals surface area contributed by atoms with Crippen molar-refractivity contribution >= 4 is 111 Å². The van der Waals surface area contributed by atoms with E-state index in [-0.39, 0.29) is 64.0 Å². The van der Waals surface area contributed by atoms with E-state index < -0.39 is 238 Å². The second kappa shape index (κ2) is 44.1. The standard InChI is InChI=1S/C62H96N18O24/c1-29(2)18-37(71-56(98)38(19-32-21-66-34-11-6-5-10-33(32)34)72-53(95)36(69-31(4)87)14-15-49(90)91)55(97)70-35(12-7-8-16-63)52(94)73-39(20-47(64)88)54(96)68-30(3)51(93)67-22-48(89)80-17-9-13-46(80)62(104)79-45(28-86)61(103)78-44(27-85)60(102)77-43(26-84)59(101)76-42(25-83)58(100)75-41(24-82)57(99)74-40(23-81)50(65)92/h5-6,10-11,21,29-30,35-46,66,81-86H,7-9,12-20,22-28,63H2,1-4H3,(H2,64,88)(H2,65,92)(H,67,93)(H,68,96)(H,69,87)(H,70,97)(H,71,98)(H,72,95)(H,73,94)(H,74,99)(H,75,100)(H,76,101)(H,77,102)(H,78,103)(H,79,104)(H,90,91)/t30-,35+,36+,37+,38+,39+,40-,41-,42-,43-,44-,45-,46?/m1/s1. The molecule has 578 valence electrons. The van der Waals surface area contributed by atoms with Crippen molar-refractivity contribution in [2.75, 3.05) is 59.3 Å². The number of H-pyrrole nitrogens is 1. The van der Waals surface area contributed by atoms with Crippen molar-refractivity contribution < 1.29 is 117 Å². The van der Waals surface area contributed by atoms with Crippen molar-refractivity contribution in [2.24, 2.45) is 23.1 Å². The molecule has 1 saturated heterocycles. The molecular formula is C62H96N18O24. The number of hydrogen-bond acceptors (Lipinski definition) is 24. The highest BCUT2D eigenvalue weighted by Crippen LogP contribution is 2.21. The van der Waals surface area contributed by atoms with Gasteiger partial charge >= 0.3 is 5.97 Å². The lowest BCUT2D eigenvalue weighted by Gasteiger charge is -2.28. The average Bonchev–Trinajstić information content (AvgIpc) is 1.64. The van der Waals surface area contributed by atoms with E-state index in [1.54, 1.807) is 44.3 Å². The second-order valence-electron chi connectivity index (χ2n) is 24.6. The van der Waals surface area contributed by atoms with Crippen LogP contribution in [-0.2, 0) is 87.9 Å². The molecule has 13 atom stereocenters. The topological polar surface area (TPSA) is 685 Å². The van der Waals surface area contributed by atoms with Crippen LogP contribution in [0.2, 0.25) is 0 Å². The molecule has 0 radical (unpaired) electrons. The monoisotopic (exact) mass is 1480 g/mol. The molecule has 0 bridgehead atoms. The van der Waals surface area contributed by atoms with Gasteiger partial charge in [-0.05, 0) is 76.0 Å². The van der Waals surface area contributed by atoms with Crippen molar-refractivity contribution in [3.05, 3.63) is 36.0 Å². The lowest BCUT2D eigenvalue weighted by atomic mass is 9.99. The Morgan fingerprint density at radius 3 is 1.43 bits per heavy atom. The summed E-state index contributed by atoms with van der Waals surface area (Å²) in [4.78, 5) is 227. The van der Waals surface area contributed by atoms with Crippen LogP contribution >= 0.6 is 0 Å². The fraction of sp³-hybridized carbons (Fsp3) is 0.597. The number of hydrogen-bond donors (Lipinski definition) is 24. The van der Waals surface area contributed by atoms with Crippen LogP contribution in [0.1, 0.15) is 91.0 Å². The summed E-state index contributed by atoms with van der Waals surface area (Å²) >= 11 is 0. The molecule has 27 N–H and O–H groups in total. The predicted octanol–water partition coefficient (Wildman–Crippen LogP) is -12.0. The molecule has 0 saturated carbocycles. The zero-order chi connectivity index (χ0) is 78.1. The Kier molecular flexibility index (Phi) is 37.2. The number of likely N-dealkylation sites (tertiary alicyclic amines) is 1. The van der Waals surface area contributed by atoms with Crippen molar-refractivity contribution in [1.29, 1.82) is 0 Å². The first-order valence-corrected chi connectivity index (χ1v) is 33.1. The molecule has 2 aromatic rings. The van der Waals surface area contributed by atoms with Gasteiger partial charge in [-0.1, -0.05) is 32.0 Å². The number of nitrogens with one attached hydrogen (secondary N) is 14. The van der Waals surface area contributed by atoms with Crippen LogP contribution in [-0.4, -0.2) is 284 Å². The van der Waals surface area contributed by atoms with Crippen molar-refractivity contribution in [2.45, 2.75) is 170 Å². The summed E-state index contributed by atoms with van der Waals surface area (Å²) in [7, 11) is 0. The maximum absolute atomic E-state index is 14.4. The number of aliphatic hydroxyl groups is 6. The molecule has 1 aliphatic heterocycles. The molecule has 1 aromatic heterocycles. The molecule has 1 aliphatic rings. The van der Waals surface area contributed by atoms with Crippen LogP contribution in [0.5, 0.6) is 0 Å². The Balaban J connectivity index is 1.69. The summed E-state index contributed by atoms with van der Waals surface area (Å²) in [6.07, 6.45) is 0.327. The summed E-state index contributed by atoms with van der Waals surface area (Å²) in [5.41, 5.74) is 17.5. The predicted molar refractivity (Wildman–Crippen MR) is 359 cm³/mol. The minimum Gasteiger partial charge on any atom is -0.481 e. The van der Waals surface area contributed by atoms with Crippen LogP contribution in [0.3, 0.4) is 0 Å². The zero-order valence-electron chi connectivity index (χ0n) is 57.7. The number of unbranched alkanes of at least 4 members (excludes halogenated alkanes) is 1. The number of fused-ring (bicyclic) bond motifs is 1. The maximum Gasteiger partial charge on any atom is 0.303 e. The van der Waals surface area contributed by atoms with E-state index in [4.69, 9.17) is 17.2 Å². The largest absolute Gasteiger partial charge is 0.481 e. The van der Waals surface area contributed by atoms with E-state index in [0.29, 0.717) is 22.9 Å². The van der Waals surface area contributed by atoms with Gasteiger partial charge in [0.25, 0.3) is 0 Å². The highest BCUT2D eigenvalue weighted by Gasteiger charge is 2.39. The number of rotatable bonds is 46. The van der Waals surface area contributed by atoms with E-state index in [1.165, 1.54) is 6.92 Å². The van der Waals surface area contributed by atoms with E-state index in [9.17, 15) is 117 Å². The molecule has 2 heterocycles. The molecule has 1 fully saturated rings. The summed E-state index contributed by atoms with van der Waals surface area (Å²) in [6.45, 7) is -1.74. The third kappa shape index (κ3) is 28.4. The lowest BCUT2D eigenvalue weighted by Crippen LogP contribution is -2.62. The summed E-state index contributed by atoms with van der Waals surface area (Å²) in [5.74, 6) is -18.8. The number of nitrogens with zero attached hydrogens (tertiary/aromatic N) is 1. The van der Waals surface area contributed by atoms with Gasteiger partial charge < -0.3 is 132 Å². The minimum atomic E-state index is -1.97. The third-order valence-electron chi connectivity index (χ3n) is 16.0. The number of carboxylic acid groups (broad SMARTS) is 1. The van der Waals surface area contributed by atoms with E-state index >= 15 is 0 Å². The molecular weight excluding hydrogens is 1380 g/mol. The molecule has 16 amide bonds. The molecule has 1 unspecified atom stereocenters. The minimum absolute atomic E-state index is 0.0144. The fourth-order valence-corrected chi connectivity index (χ4v) is 10.4. The van der Waals surface area contributed by atoms with Gasteiger partial charge in [0.05, 0.1) is 52.6 Å². The second-order valence-corrected chi connectivity index (χ2v) is 24.6. The third-order valence-corrected chi connectivity index (χ3v) is 16.0. The quantitative estimate of drug-likeness (QED) is 0.0274. The van der Waals surface area contributed by atoms with Gasteiger partial charge in [0.1, 0.15) is 78.5 Å². The molecule has 104 heavy (non-hydrogen) atoms. The number of para-hydroxylation sites is 1. The van der Waals surface area contributed by atoms with E-state index in [1.807, 2.05) is 26.6 Å². The molecule has 42 nitrogen and oxygen atoms in total. The van der Waals surface area contributed by atoms with Gasteiger partial charge in [-0.2, -0.15) is 0 Å². The first-order valence-electron chi connectivity index (χ1n) is 33.1. The Morgan fingerprint density at radius 2 is 0.952 bits per heavy atom. The Bertz CT molecular complexity index is 3370. The zero-order valence-corrected chi connectivity index (χ0v) is 57.7. The number of amides is 16. The summed E-state index contributed by atoms with van der Waals surface area (Å²) in [6, 6.07) is -14.5. The first kappa shape index (κ1) is 87.7. The Morgan fingerprint density at radius 1 is 0.519 bits per heavy atom. The number of carbonyl (C=O) groups excluding carboxylic acids is 16. The fourth-order valence-electron chi connectivity index (χ4n) is 10.4. The first-order chi connectivity index (χ1) is 49.2. The van der Waals surface area contributed by atoms with Gasteiger partial charge in [0.15, 0.2) is 0 Å². The summed E-state index contributed by atoms with van der Waals surface area (Å²) in [5, 5.41) is 98.2. The highest BCUT2D eigenvalue weighted by atomic mass is 16.4. The number of primary amides is 2. The van der Waals surface area contributed by atoms with E-state index in [2.05, 4.69) is 47.5 Å². The van der Waals surface area contributed by atoms with Crippen molar-refractivity contribution in [3.63, 3.8) is 0 Å². The molecule has 1 aromatic carbocycles. The number of carbonyl (C=O) groups is 17. The SMILES string of the molecule is CC(=O)N[C@@H](CCC(=O)O)C(=O)N[C@@H](Cc1c[nH]c2ccccc12)C(=O)N[C@@H](CC(C)C)C(=O)N[C@@H](CCCCN)C(=O)N[C@@H](CC(N)=O)C(=O)N[C@H](C)C(=O)NCC(=O)N1CCCC1C(=O)N[C@H](CO)C(=O)N[C@H](CO)C(=O)N[C@H](CO)C(=O)N[C@H](CO)C(=O)N[C@H](CO)C(=O)N[C@H](CO)C(N)=O. The molecule has 0 spiro atoms. The number of aromatic amines is 1. The van der Waals surface area contributed by atoms with Crippen LogP contribution in [0, 0.1) is 5.92 Å². The number of benzene rings is 1. The van der Waals surface area contributed by atoms with Crippen LogP contribution in [0.4, 0.5) is 0 Å². The van der Waals surface area contributed by atoms with Crippen molar-refractivity contribution in [3.8, 4) is 0 Å². The van der Waals surface area contributed by atoms with E-state index in [0.717, 1.165) is 11.8 Å². The average molecular weight is 1480 g/mol. The van der Waals surface area contributed by atoms with Crippen LogP contribution < -0.4 is 86.3 Å².